The van der Waals surface area contributed by atoms with E-state index in [2.05, 4.69) is 42.8 Å². The van der Waals surface area contributed by atoms with Crippen LogP contribution >= 0.6 is 11.6 Å². The fraction of sp³-hybridized carbons (Fsp3) is 0.375. The molecular weight excluding hydrogens is 999 g/mol. The van der Waals surface area contributed by atoms with E-state index >= 15 is 0 Å². The Bertz CT molecular complexity index is 1260. The van der Waals surface area contributed by atoms with Crippen molar-refractivity contribution in [1.29, 1.82) is 0 Å². The standard InChI is InChI=1S/C23H29N4O2.C9H11Cl.Cm.Pu/c1-6-19(20-9-7-8-11-24-20)21-17(4)10-12-25-22(21)27-14-13-26(15-18(27)5)23(28)29-16(2)3;1-2-4-8-5-3-6-9(10)7-8;;/h6-12,18H,13-15H2,1-5H3;3,5-7H,2,4H2,1H3;;/q-1;;;/b19-6-;;;. The summed E-state index contributed by atoms with van der Waals surface area (Å²) in [6.07, 6.45) is 8.43. The molecule has 1 unspecified atom stereocenters. The van der Waals surface area contributed by atoms with Crippen LogP contribution in [-0.2, 0) is 11.2 Å². The third-order valence-corrected chi connectivity index (χ3v) is 6.75. The van der Waals surface area contributed by atoms with Crippen LogP contribution in [0, 0.1) is 42.2 Å². The normalized spacial score (nSPS) is 14.8. The third-order valence-electron chi connectivity index (χ3n) is 6.52. The molecule has 6 nitrogen and oxygen atoms in total. The van der Waals surface area contributed by atoms with Crippen molar-refractivity contribution in [2.75, 3.05) is 24.5 Å². The van der Waals surface area contributed by atoms with E-state index in [0.29, 0.717) is 25.7 Å². The van der Waals surface area contributed by atoms with E-state index in [9.17, 15) is 4.79 Å². The van der Waals surface area contributed by atoms with Crippen molar-refractivity contribution < 1.29 is 38.7 Å². The van der Waals surface area contributed by atoms with Crippen molar-refractivity contribution in [3.8, 4) is 0 Å². The van der Waals surface area contributed by atoms with Crippen molar-refractivity contribution in [2.45, 2.75) is 60.4 Å². The molecule has 2 aromatic heterocycles. The molecule has 1 saturated heterocycles. The van der Waals surface area contributed by atoms with Crippen molar-refractivity contribution >= 4 is 29.1 Å². The number of amides is 1. The largest absolute Gasteiger partial charge is 0.618 e. The maximum absolute atomic E-state index is 12.3. The van der Waals surface area contributed by atoms with Gasteiger partial charge in [-0.25, -0.2) is 9.78 Å². The predicted molar refractivity (Wildman–Crippen MR) is 161 cm³/mol. The number of allylic oxidation sites excluding steroid dienone is 1. The number of pyridine rings is 2. The van der Waals surface area contributed by atoms with Gasteiger partial charge in [-0.3, -0.25) is 4.98 Å². The van der Waals surface area contributed by atoms with Gasteiger partial charge < -0.3 is 14.5 Å². The van der Waals surface area contributed by atoms with E-state index in [1.807, 2.05) is 61.8 Å². The van der Waals surface area contributed by atoms with Crippen LogP contribution in [0.5, 0.6) is 0 Å². The predicted octanol–water partition coefficient (Wildman–Crippen LogP) is 7.75. The van der Waals surface area contributed by atoms with Gasteiger partial charge in [0.2, 0.25) is 0 Å². The molecule has 0 N–H and O–H groups in total. The first-order valence-corrected chi connectivity index (χ1v) is 13.9. The number of piperazine rings is 1. The molecule has 41 heavy (non-hydrogen) atoms. The second kappa shape index (κ2) is 17.4. The number of anilines is 1. The number of benzene rings is 1. The van der Waals surface area contributed by atoms with Crippen LogP contribution in [-0.4, -0.2) is 46.6 Å². The maximum Gasteiger partial charge on any atom is 0.378 e. The summed E-state index contributed by atoms with van der Waals surface area (Å²) in [5.74, 6) is 0.933. The Morgan fingerprint density at radius 3 is 2.46 bits per heavy atom. The number of aryl methyl sites for hydroxylation is 2. The third kappa shape index (κ3) is 9.88. The van der Waals surface area contributed by atoms with E-state index in [1.54, 1.807) is 18.7 Å². The van der Waals surface area contributed by atoms with E-state index in [0.717, 1.165) is 39.7 Å². The molecule has 0 aliphatic carbocycles. The van der Waals surface area contributed by atoms with Gasteiger partial charge in [0, 0.05) is 83.4 Å². The fourth-order valence-corrected chi connectivity index (χ4v) is 4.91. The van der Waals surface area contributed by atoms with E-state index in [-0.39, 0.29) is 41.3 Å². The van der Waals surface area contributed by atoms with Gasteiger partial charge in [0.25, 0.3) is 0 Å². The molecule has 1 fully saturated rings. The van der Waals surface area contributed by atoms with Gasteiger partial charge in [0.15, 0.2) is 0 Å². The number of carbonyl (C=O) groups is 1. The zero-order valence-electron chi connectivity index (χ0n) is 24.7. The second-order valence-electron chi connectivity index (χ2n) is 9.89. The number of halogens is 1. The molecule has 4 rings (SSSR count). The number of carbonyl (C=O) groups excluding carboxylic acids is 1. The monoisotopic (exact) mass is 1030 g/mol. The summed E-state index contributed by atoms with van der Waals surface area (Å²) in [5, 5.41) is 0.839. The maximum atomic E-state index is 12.3. The van der Waals surface area contributed by atoms with Gasteiger partial charge in [-0.1, -0.05) is 49.2 Å². The number of ether oxygens (including phenoxy) is 1. The van der Waals surface area contributed by atoms with E-state index in [4.69, 9.17) is 21.3 Å². The van der Waals surface area contributed by atoms with Crippen LogP contribution in [0.1, 0.15) is 63.4 Å². The molecule has 1 atom stereocenters. The average Bonchev–Trinajstić information content (AvgIpc) is 2.91. The average molecular weight is 1040 g/mol. The molecule has 0 bridgehead atoms. The molecule has 1 aliphatic rings. The van der Waals surface area contributed by atoms with Crippen molar-refractivity contribution in [2.24, 2.45) is 0 Å². The smallest absolute Gasteiger partial charge is 0.378 e. The molecule has 0 saturated carbocycles. The number of rotatable bonds is 6. The molecule has 3 heterocycles. The Kier molecular flexibility index (Phi) is 15.1. The Balaban J connectivity index is 0.000000596. The van der Waals surface area contributed by atoms with Gasteiger partial charge in [0.1, 0.15) is 5.82 Å². The molecule has 0 spiro atoms. The van der Waals surface area contributed by atoms with E-state index < -0.39 is 0 Å². The summed E-state index contributed by atoms with van der Waals surface area (Å²) in [6, 6.07) is 16.1. The first-order valence-electron chi connectivity index (χ1n) is 13.6. The Labute approximate surface area is 266 Å². The molecule has 0 radical (unpaired) electrons. The minimum absolute atomic E-state index is 0. The zero-order chi connectivity index (χ0) is 28.4. The molecule has 9 heteroatoms. The first kappa shape index (κ1) is 35.6. The Morgan fingerprint density at radius 1 is 1.12 bits per heavy atom. The van der Waals surface area contributed by atoms with Crippen LogP contribution in [0.2, 0.25) is 5.02 Å². The van der Waals surface area contributed by atoms with Gasteiger partial charge in [-0.05, 0) is 68.7 Å². The van der Waals surface area contributed by atoms with E-state index in [1.165, 1.54) is 12.0 Å². The SMILES string of the molecule is C/C=C(/c1ccccn1)c1c(C)ccnc1N1CCN(C(=O)O[C-](C)C)CC1C.CCCc1cccc(Cl)c1.[Cm].[Pu]. The summed E-state index contributed by atoms with van der Waals surface area (Å²) < 4.78 is 5.29. The topological polar surface area (TPSA) is 58.6 Å². The molecule has 1 aliphatic heterocycles. The van der Waals surface area contributed by atoms with Crippen molar-refractivity contribution in [1.82, 2.24) is 14.9 Å². The Morgan fingerprint density at radius 2 is 1.88 bits per heavy atom. The molecular formula is C32H40ClCmN4O2Pu-. The first-order chi connectivity index (χ1) is 18.7. The number of aromatic nitrogens is 2. The van der Waals surface area contributed by atoms with Crippen LogP contribution < -0.4 is 4.90 Å². The second-order valence-corrected chi connectivity index (χ2v) is 10.3. The van der Waals surface area contributed by atoms with Gasteiger partial charge >= 0.3 is 6.09 Å². The van der Waals surface area contributed by atoms with Crippen molar-refractivity contribution in [3.63, 3.8) is 0 Å². The fourth-order valence-electron chi connectivity index (χ4n) is 4.70. The summed E-state index contributed by atoms with van der Waals surface area (Å²) >= 11 is 5.78. The molecule has 222 valence electrons. The molecule has 1 amide bonds. The molecule has 1 aromatic carbocycles. The zero-order valence-corrected chi connectivity index (χ0v) is 31.8. The summed E-state index contributed by atoms with van der Waals surface area (Å²) in [5.41, 5.74) is 5.57. The number of hydrogen-bond donors (Lipinski definition) is 0. The molecule has 3 aromatic rings. The van der Waals surface area contributed by atoms with Crippen LogP contribution in [0.3, 0.4) is 0 Å². The van der Waals surface area contributed by atoms with Gasteiger partial charge in [0.05, 0.1) is 5.69 Å². The van der Waals surface area contributed by atoms with Crippen molar-refractivity contribution in [3.05, 3.63) is 101 Å². The van der Waals surface area contributed by atoms with Gasteiger partial charge in [-0.15, -0.1) is 6.10 Å². The summed E-state index contributed by atoms with van der Waals surface area (Å²) in [6.45, 7) is 13.9. The van der Waals surface area contributed by atoms with Crippen LogP contribution in [0.15, 0.2) is 67.0 Å². The minimum atomic E-state index is -0.281. The van der Waals surface area contributed by atoms with Crippen LogP contribution in [0.25, 0.3) is 5.57 Å². The summed E-state index contributed by atoms with van der Waals surface area (Å²) in [4.78, 5) is 25.6. The Hall–Kier alpha value is -3.39. The number of nitrogens with zero attached hydrogens (tertiary/aromatic N) is 4. The van der Waals surface area contributed by atoms with Crippen LogP contribution in [0.4, 0.5) is 10.6 Å². The van der Waals surface area contributed by atoms with Gasteiger partial charge in [-0.2, -0.15) is 13.8 Å². The minimum Gasteiger partial charge on any atom is -0.618 e. The summed E-state index contributed by atoms with van der Waals surface area (Å²) in [7, 11) is 0. The quantitative estimate of drug-likeness (QED) is 0.237. The number of hydrogen-bond acceptors (Lipinski definition) is 5.